The highest BCUT2D eigenvalue weighted by Gasteiger charge is 2.25. The summed E-state index contributed by atoms with van der Waals surface area (Å²) in [6, 6.07) is 11.5. The number of hydrogen-bond donors (Lipinski definition) is 0. The third-order valence-corrected chi connectivity index (χ3v) is 6.92. The second-order valence-corrected chi connectivity index (χ2v) is 9.89. The molecule has 4 nitrogen and oxygen atoms in total. The third-order valence-electron chi connectivity index (χ3n) is 4.93. The lowest BCUT2D eigenvalue weighted by Gasteiger charge is -2.27. The molecule has 1 aliphatic rings. The predicted molar refractivity (Wildman–Crippen MR) is 107 cm³/mol. The van der Waals surface area contributed by atoms with Gasteiger partial charge in [0.2, 0.25) is 9.84 Å². The van der Waals surface area contributed by atoms with Crippen LogP contribution in [0.4, 0.5) is 0 Å². The first kappa shape index (κ1) is 18.5. The zero-order valence-electron chi connectivity index (χ0n) is 15.4. The van der Waals surface area contributed by atoms with E-state index in [9.17, 15) is 8.42 Å². The first-order valence-electron chi connectivity index (χ1n) is 9.12. The zero-order chi connectivity index (χ0) is 19.2. The Hall–Kier alpha value is -1.82. The number of halogens is 1. The van der Waals surface area contributed by atoms with E-state index in [-0.39, 0.29) is 9.79 Å². The van der Waals surface area contributed by atoms with Crippen LogP contribution in [0.3, 0.4) is 0 Å². The Morgan fingerprint density at radius 2 is 1.93 bits per heavy atom. The van der Waals surface area contributed by atoms with Gasteiger partial charge >= 0.3 is 0 Å². The molecule has 0 aliphatic carbocycles. The minimum Gasteiger partial charge on any atom is -0.459 e. The van der Waals surface area contributed by atoms with Gasteiger partial charge in [-0.3, -0.25) is 4.90 Å². The van der Waals surface area contributed by atoms with Crippen LogP contribution in [-0.4, -0.2) is 26.4 Å². The fourth-order valence-electron chi connectivity index (χ4n) is 3.74. The van der Waals surface area contributed by atoms with Crippen molar-refractivity contribution in [3.8, 4) is 0 Å². The number of furan rings is 1. The summed E-state index contributed by atoms with van der Waals surface area (Å²) in [5.74, 6) is 1.56. The molecule has 0 saturated heterocycles. The molecule has 1 aromatic heterocycles. The van der Waals surface area contributed by atoms with E-state index in [0.29, 0.717) is 16.5 Å². The maximum atomic E-state index is 12.9. The van der Waals surface area contributed by atoms with Crippen molar-refractivity contribution >= 4 is 32.4 Å². The molecule has 0 atom stereocenters. The van der Waals surface area contributed by atoms with Crippen molar-refractivity contribution in [3.05, 3.63) is 58.8 Å². The molecule has 2 heterocycles. The van der Waals surface area contributed by atoms with Gasteiger partial charge in [-0.15, -0.1) is 0 Å². The molecule has 1 aliphatic heterocycles. The molecule has 0 fully saturated rings. The van der Waals surface area contributed by atoms with E-state index in [0.717, 1.165) is 37.2 Å². The number of fused-ring (bicyclic) bond motifs is 3. The Morgan fingerprint density at radius 1 is 1.15 bits per heavy atom. The topological polar surface area (TPSA) is 50.5 Å². The molecular formula is C21H22ClNO3S. The first-order chi connectivity index (χ1) is 12.8. The number of rotatable bonds is 4. The summed E-state index contributed by atoms with van der Waals surface area (Å²) in [7, 11) is -3.64. The van der Waals surface area contributed by atoms with Crippen LogP contribution < -0.4 is 0 Å². The van der Waals surface area contributed by atoms with Crippen LogP contribution >= 0.6 is 11.6 Å². The maximum Gasteiger partial charge on any atom is 0.206 e. The summed E-state index contributed by atoms with van der Waals surface area (Å²) in [5.41, 5.74) is 1.84. The Morgan fingerprint density at radius 3 is 2.67 bits per heavy atom. The van der Waals surface area contributed by atoms with Crippen molar-refractivity contribution in [1.29, 1.82) is 0 Å². The summed E-state index contributed by atoms with van der Waals surface area (Å²) in [6.07, 6.45) is 0.926. The third kappa shape index (κ3) is 3.51. The van der Waals surface area contributed by atoms with Gasteiger partial charge < -0.3 is 4.42 Å². The van der Waals surface area contributed by atoms with Gasteiger partial charge in [-0.25, -0.2) is 8.42 Å². The molecule has 0 radical (unpaired) electrons. The van der Waals surface area contributed by atoms with Gasteiger partial charge in [0.15, 0.2) is 0 Å². The fourth-order valence-corrected chi connectivity index (χ4v) is 5.32. The maximum absolute atomic E-state index is 12.9. The molecule has 3 aromatic rings. The van der Waals surface area contributed by atoms with Gasteiger partial charge in [-0.05, 0) is 42.7 Å². The van der Waals surface area contributed by atoms with Crippen molar-refractivity contribution in [1.82, 2.24) is 4.90 Å². The highest BCUT2D eigenvalue weighted by atomic mass is 35.5. The van der Waals surface area contributed by atoms with Gasteiger partial charge in [0.05, 0.1) is 16.3 Å². The van der Waals surface area contributed by atoms with Crippen LogP contribution in [-0.2, 0) is 22.8 Å². The lowest BCUT2D eigenvalue weighted by Crippen LogP contribution is -2.32. The lowest BCUT2D eigenvalue weighted by atomic mass is 10.0. The second-order valence-electron chi connectivity index (χ2n) is 7.50. The first-order valence-corrected chi connectivity index (χ1v) is 11.0. The summed E-state index contributed by atoms with van der Waals surface area (Å²) in [6.45, 7) is 7.23. The Balaban J connectivity index is 1.72. The standard InChI is InChI=1S/C21H22ClNO3S/c1-14(2)12-23-9-8-19-18-7-6-17(11-20(18)26-21(19)13-23)27(24,25)16-5-3-4-15(22)10-16/h3-7,10-11,14H,8-9,12-13H2,1-2H3. The van der Waals surface area contributed by atoms with E-state index in [1.807, 2.05) is 6.07 Å². The summed E-state index contributed by atoms with van der Waals surface area (Å²) in [4.78, 5) is 2.80. The molecule has 0 bridgehead atoms. The smallest absolute Gasteiger partial charge is 0.206 e. The van der Waals surface area contributed by atoms with Crippen LogP contribution in [0.15, 0.2) is 56.7 Å². The Labute approximate surface area is 164 Å². The quantitative estimate of drug-likeness (QED) is 0.619. The molecule has 0 N–H and O–H groups in total. The van der Waals surface area contributed by atoms with Crippen molar-refractivity contribution in [2.24, 2.45) is 5.92 Å². The summed E-state index contributed by atoms with van der Waals surface area (Å²) >= 11 is 5.96. The molecule has 0 spiro atoms. The van der Waals surface area contributed by atoms with Crippen LogP contribution in [0, 0.1) is 5.92 Å². The van der Waals surface area contributed by atoms with Gasteiger partial charge in [0.1, 0.15) is 11.3 Å². The second kappa shape index (κ2) is 6.97. The number of benzene rings is 2. The van der Waals surface area contributed by atoms with Gasteiger partial charge in [0.25, 0.3) is 0 Å². The van der Waals surface area contributed by atoms with E-state index in [2.05, 4.69) is 18.7 Å². The number of hydrogen-bond acceptors (Lipinski definition) is 4. The SMILES string of the molecule is CC(C)CN1CCc2c(oc3cc(S(=O)(=O)c4cccc(Cl)c4)ccc23)C1. The molecule has 142 valence electrons. The van der Waals surface area contributed by atoms with E-state index in [1.54, 1.807) is 30.3 Å². The molecule has 0 unspecified atom stereocenters. The van der Waals surface area contributed by atoms with E-state index < -0.39 is 9.84 Å². The molecule has 27 heavy (non-hydrogen) atoms. The largest absolute Gasteiger partial charge is 0.459 e. The highest BCUT2D eigenvalue weighted by molar-refractivity contribution is 7.91. The average molecular weight is 404 g/mol. The Kier molecular flexibility index (Phi) is 4.78. The predicted octanol–water partition coefficient (Wildman–Crippen LogP) is 4.93. The van der Waals surface area contributed by atoms with E-state index in [1.165, 1.54) is 11.6 Å². The average Bonchev–Trinajstić information content (AvgIpc) is 2.98. The summed E-state index contributed by atoms with van der Waals surface area (Å²) in [5, 5.41) is 1.41. The van der Waals surface area contributed by atoms with Gasteiger partial charge in [-0.2, -0.15) is 0 Å². The van der Waals surface area contributed by atoms with Crippen molar-refractivity contribution in [2.75, 3.05) is 13.1 Å². The van der Waals surface area contributed by atoms with Crippen molar-refractivity contribution < 1.29 is 12.8 Å². The summed E-state index contributed by atoms with van der Waals surface area (Å²) < 4.78 is 31.9. The van der Waals surface area contributed by atoms with Crippen LogP contribution in [0.1, 0.15) is 25.2 Å². The van der Waals surface area contributed by atoms with E-state index in [4.69, 9.17) is 16.0 Å². The van der Waals surface area contributed by atoms with Crippen LogP contribution in [0.2, 0.25) is 5.02 Å². The lowest BCUT2D eigenvalue weighted by molar-refractivity contribution is 0.208. The van der Waals surface area contributed by atoms with Gasteiger partial charge in [0, 0.05) is 35.1 Å². The number of nitrogens with zero attached hydrogens (tertiary/aromatic N) is 1. The van der Waals surface area contributed by atoms with E-state index >= 15 is 0 Å². The van der Waals surface area contributed by atoms with Crippen molar-refractivity contribution in [3.63, 3.8) is 0 Å². The molecule has 4 rings (SSSR count). The number of sulfone groups is 1. The van der Waals surface area contributed by atoms with Crippen LogP contribution in [0.5, 0.6) is 0 Å². The molecular weight excluding hydrogens is 382 g/mol. The highest BCUT2D eigenvalue weighted by Crippen LogP contribution is 2.33. The molecule has 0 amide bonds. The molecule has 0 saturated carbocycles. The fraction of sp³-hybridized carbons (Fsp3) is 0.333. The molecule has 2 aromatic carbocycles. The minimum atomic E-state index is -3.64. The minimum absolute atomic E-state index is 0.189. The van der Waals surface area contributed by atoms with Crippen LogP contribution in [0.25, 0.3) is 11.0 Å². The van der Waals surface area contributed by atoms with Gasteiger partial charge in [-0.1, -0.05) is 31.5 Å². The van der Waals surface area contributed by atoms with Crippen molar-refractivity contribution in [2.45, 2.75) is 36.6 Å². The Bertz CT molecular complexity index is 1100. The monoisotopic (exact) mass is 403 g/mol. The zero-order valence-corrected chi connectivity index (χ0v) is 17.0. The molecule has 6 heteroatoms. The normalized spacial score (nSPS) is 15.4.